The van der Waals surface area contributed by atoms with E-state index >= 15 is 0 Å². The quantitative estimate of drug-likeness (QED) is 0.641. The molecule has 1 N–H and O–H groups in total. The van der Waals surface area contributed by atoms with Gasteiger partial charge in [0.1, 0.15) is 5.75 Å². The largest absolute Gasteiger partial charge is 0.457 e. The van der Waals surface area contributed by atoms with Gasteiger partial charge in [0.25, 0.3) is 0 Å². The van der Waals surface area contributed by atoms with Crippen LogP contribution in [0.4, 0.5) is 0 Å². The van der Waals surface area contributed by atoms with Gasteiger partial charge in [-0.25, -0.2) is 0 Å². The van der Waals surface area contributed by atoms with Gasteiger partial charge in [-0.1, -0.05) is 31.7 Å². The van der Waals surface area contributed by atoms with Crippen molar-refractivity contribution >= 4 is 5.97 Å². The van der Waals surface area contributed by atoms with Crippen molar-refractivity contribution in [1.82, 2.24) is 5.32 Å². The Morgan fingerprint density at radius 2 is 1.96 bits per heavy atom. The highest BCUT2D eigenvalue weighted by atomic mass is 16.7. The van der Waals surface area contributed by atoms with E-state index in [2.05, 4.69) is 23.5 Å². The molecule has 0 aromatic heterocycles. The molecule has 5 rings (SSSR count). The zero-order chi connectivity index (χ0) is 18.3. The maximum absolute atomic E-state index is 12.1. The Kier molecular flexibility index (Phi) is 4.63. The van der Waals surface area contributed by atoms with Gasteiger partial charge in [-0.2, -0.15) is 0 Å². The molecule has 3 fully saturated rings. The van der Waals surface area contributed by atoms with Crippen LogP contribution in [0.15, 0.2) is 18.2 Å². The molecule has 0 amide bonds. The van der Waals surface area contributed by atoms with Crippen molar-refractivity contribution in [3.8, 4) is 5.75 Å². The summed E-state index contributed by atoms with van der Waals surface area (Å²) in [5.74, 6) is 1.62. The fourth-order valence-corrected chi connectivity index (χ4v) is 6.43. The third kappa shape index (κ3) is 3.06. The lowest BCUT2D eigenvalue weighted by atomic mass is 9.53. The number of hydrogen-bond acceptors (Lipinski definition) is 4. The van der Waals surface area contributed by atoms with Gasteiger partial charge in [-0.05, 0) is 74.2 Å². The molecule has 1 saturated heterocycles. The Morgan fingerprint density at radius 3 is 2.85 bits per heavy atom. The minimum Gasteiger partial charge on any atom is -0.457 e. The fourth-order valence-electron chi connectivity index (χ4n) is 6.43. The minimum atomic E-state index is -0.0856. The monoisotopic (exact) mass is 369 g/mol. The standard InChI is InChI=1S/C23H31NO3/c25-22(16-5-1-2-6-16)27-15-26-18-9-8-17-13-21-19-7-3-4-10-23(19,11-12-24-21)20(17)14-18/h8-9,14,16,19,21,24H,1-7,10-13,15H2/t19-,21-,23+/m1/s1. The van der Waals surface area contributed by atoms with Crippen molar-refractivity contribution in [1.29, 1.82) is 0 Å². The molecule has 1 aliphatic heterocycles. The Labute approximate surface area is 162 Å². The highest BCUT2D eigenvalue weighted by Gasteiger charge is 2.51. The first-order valence-corrected chi connectivity index (χ1v) is 10.9. The van der Waals surface area contributed by atoms with Gasteiger partial charge in [0.15, 0.2) is 0 Å². The van der Waals surface area contributed by atoms with Crippen LogP contribution in [0, 0.1) is 11.8 Å². The van der Waals surface area contributed by atoms with Crippen molar-refractivity contribution in [2.45, 2.75) is 75.7 Å². The van der Waals surface area contributed by atoms with Gasteiger partial charge in [-0.15, -0.1) is 0 Å². The zero-order valence-electron chi connectivity index (χ0n) is 16.2. The molecular weight excluding hydrogens is 338 g/mol. The maximum Gasteiger partial charge on any atom is 0.311 e. The highest BCUT2D eigenvalue weighted by molar-refractivity contribution is 5.72. The molecule has 3 aliphatic carbocycles. The SMILES string of the molecule is O=C(OCOc1ccc2c(c1)[C@]13CCCC[C@@H]1[C@@H](C2)NCC3)C1CCCC1. The molecule has 0 radical (unpaired) electrons. The van der Waals surface area contributed by atoms with E-state index < -0.39 is 0 Å². The summed E-state index contributed by atoms with van der Waals surface area (Å²) in [5, 5.41) is 3.78. The summed E-state index contributed by atoms with van der Waals surface area (Å²) in [6.45, 7) is 1.17. The summed E-state index contributed by atoms with van der Waals surface area (Å²) in [7, 11) is 0. The second-order valence-corrected chi connectivity index (χ2v) is 9.05. The number of nitrogens with one attached hydrogen (secondary N) is 1. The number of ether oxygens (including phenoxy) is 2. The molecule has 2 saturated carbocycles. The van der Waals surface area contributed by atoms with E-state index in [0.717, 1.165) is 50.3 Å². The average molecular weight is 370 g/mol. The Hall–Kier alpha value is -1.55. The molecule has 4 heteroatoms. The second kappa shape index (κ2) is 7.12. The summed E-state index contributed by atoms with van der Waals surface area (Å²) >= 11 is 0. The average Bonchev–Trinajstić information content (AvgIpc) is 3.23. The molecule has 4 nitrogen and oxygen atoms in total. The van der Waals surface area contributed by atoms with Crippen LogP contribution in [0.25, 0.3) is 0 Å². The number of piperidine rings is 1. The highest BCUT2D eigenvalue weighted by Crippen LogP contribution is 2.54. The van der Waals surface area contributed by atoms with E-state index in [1.807, 2.05) is 0 Å². The van der Waals surface area contributed by atoms with Crippen molar-refractivity contribution in [2.24, 2.45) is 11.8 Å². The van der Waals surface area contributed by atoms with Gasteiger partial charge in [0.2, 0.25) is 6.79 Å². The molecule has 0 spiro atoms. The topological polar surface area (TPSA) is 47.6 Å². The van der Waals surface area contributed by atoms with Crippen molar-refractivity contribution in [3.05, 3.63) is 29.3 Å². The van der Waals surface area contributed by atoms with E-state index in [4.69, 9.17) is 9.47 Å². The summed E-state index contributed by atoms with van der Waals surface area (Å²) in [4.78, 5) is 12.1. The second-order valence-electron chi connectivity index (χ2n) is 9.05. The first-order chi connectivity index (χ1) is 13.3. The lowest BCUT2D eigenvalue weighted by molar-refractivity contribution is -0.154. The van der Waals surface area contributed by atoms with E-state index in [9.17, 15) is 4.79 Å². The zero-order valence-corrected chi connectivity index (χ0v) is 16.2. The number of esters is 1. The van der Waals surface area contributed by atoms with E-state index in [1.54, 1.807) is 0 Å². The van der Waals surface area contributed by atoms with Gasteiger partial charge < -0.3 is 14.8 Å². The molecule has 4 aliphatic rings. The predicted molar refractivity (Wildman–Crippen MR) is 104 cm³/mol. The van der Waals surface area contributed by atoms with Crippen LogP contribution in [-0.4, -0.2) is 25.3 Å². The van der Waals surface area contributed by atoms with E-state index in [0.29, 0.717) is 11.5 Å². The van der Waals surface area contributed by atoms with E-state index in [1.165, 1.54) is 43.2 Å². The van der Waals surface area contributed by atoms with Crippen molar-refractivity contribution in [3.63, 3.8) is 0 Å². The number of carbonyl (C=O) groups is 1. The van der Waals surface area contributed by atoms with Crippen LogP contribution in [0.2, 0.25) is 0 Å². The number of carbonyl (C=O) groups excluding carboxylic acids is 1. The summed E-state index contributed by atoms with van der Waals surface area (Å²) < 4.78 is 11.2. The smallest absolute Gasteiger partial charge is 0.311 e. The van der Waals surface area contributed by atoms with Crippen LogP contribution in [0.3, 0.4) is 0 Å². The first kappa shape index (κ1) is 17.5. The van der Waals surface area contributed by atoms with Crippen LogP contribution >= 0.6 is 0 Å². The number of hydrogen-bond donors (Lipinski definition) is 1. The Morgan fingerprint density at radius 1 is 1.11 bits per heavy atom. The molecule has 1 aromatic rings. The fraction of sp³-hybridized carbons (Fsp3) is 0.696. The number of benzene rings is 1. The van der Waals surface area contributed by atoms with Crippen molar-refractivity contribution < 1.29 is 14.3 Å². The molecule has 27 heavy (non-hydrogen) atoms. The van der Waals surface area contributed by atoms with Crippen LogP contribution in [0.1, 0.15) is 68.9 Å². The number of fused-ring (bicyclic) bond motifs is 1. The van der Waals surface area contributed by atoms with Crippen LogP contribution in [0.5, 0.6) is 5.75 Å². The van der Waals surface area contributed by atoms with Crippen molar-refractivity contribution in [2.75, 3.05) is 13.3 Å². The molecule has 2 bridgehead atoms. The Bertz CT molecular complexity index is 708. The Balaban J connectivity index is 1.31. The van der Waals surface area contributed by atoms with Gasteiger partial charge in [0.05, 0.1) is 5.92 Å². The minimum absolute atomic E-state index is 0.0364. The molecular formula is C23H31NO3. The van der Waals surface area contributed by atoms with E-state index in [-0.39, 0.29) is 18.7 Å². The molecule has 0 unspecified atom stereocenters. The van der Waals surface area contributed by atoms with Gasteiger partial charge in [-0.3, -0.25) is 4.79 Å². The molecule has 1 heterocycles. The van der Waals surface area contributed by atoms with Gasteiger partial charge in [0, 0.05) is 11.5 Å². The van der Waals surface area contributed by atoms with Crippen LogP contribution < -0.4 is 10.1 Å². The summed E-state index contributed by atoms with van der Waals surface area (Å²) in [6.07, 6.45) is 12.0. The third-order valence-corrected chi connectivity index (χ3v) is 7.73. The lowest BCUT2D eigenvalue weighted by Gasteiger charge is -2.56. The lowest BCUT2D eigenvalue weighted by Crippen LogP contribution is -2.59. The molecule has 146 valence electrons. The van der Waals surface area contributed by atoms with Gasteiger partial charge >= 0.3 is 5.97 Å². The predicted octanol–water partition coefficient (Wildman–Crippen LogP) is 4.10. The maximum atomic E-state index is 12.1. The van der Waals surface area contributed by atoms with Crippen LogP contribution in [-0.2, 0) is 21.4 Å². The molecule has 1 aromatic carbocycles. The summed E-state index contributed by atoms with van der Waals surface area (Å²) in [5.41, 5.74) is 3.34. The summed E-state index contributed by atoms with van der Waals surface area (Å²) in [6, 6.07) is 7.21. The molecule has 3 atom stereocenters. The first-order valence-electron chi connectivity index (χ1n) is 10.9. The normalized spacial score (nSPS) is 32.4. The third-order valence-electron chi connectivity index (χ3n) is 7.73. The number of rotatable bonds is 4.